The standard InChI is InChI=1S/C17H19BrN6O2/c1-11-8-12(18)2-3-14(11)20-9-13-15(19)21-17(22-16(13)26)24-6-4-23(10-25)5-7-24/h2-3,8-10,20H,4-7H2,1H3,(H2,19,21,22,26)/b13-9+. The van der Waals surface area contributed by atoms with Gasteiger partial charge < -0.3 is 15.1 Å². The first-order chi connectivity index (χ1) is 12.5. The Balaban J connectivity index is 1.71. The summed E-state index contributed by atoms with van der Waals surface area (Å²) >= 11 is 3.41. The molecule has 2 heterocycles. The second-order valence-electron chi connectivity index (χ2n) is 6.03. The third-order valence-electron chi connectivity index (χ3n) is 4.27. The van der Waals surface area contributed by atoms with Gasteiger partial charge in [0.05, 0.1) is 5.57 Å². The first-order valence-electron chi connectivity index (χ1n) is 8.14. The summed E-state index contributed by atoms with van der Waals surface area (Å²) < 4.78 is 0.972. The zero-order valence-electron chi connectivity index (χ0n) is 14.3. The zero-order valence-corrected chi connectivity index (χ0v) is 15.8. The molecule has 0 bridgehead atoms. The number of anilines is 1. The fraction of sp³-hybridized carbons (Fsp3) is 0.294. The molecule has 1 aromatic rings. The van der Waals surface area contributed by atoms with Crippen LogP contribution in [0.3, 0.4) is 0 Å². The first kappa shape index (κ1) is 18.1. The van der Waals surface area contributed by atoms with Crippen molar-refractivity contribution >= 4 is 45.7 Å². The molecule has 0 aromatic heterocycles. The van der Waals surface area contributed by atoms with E-state index in [-0.39, 0.29) is 17.3 Å². The molecule has 0 unspecified atom stereocenters. The highest BCUT2D eigenvalue weighted by Gasteiger charge is 2.27. The fourth-order valence-electron chi connectivity index (χ4n) is 2.73. The van der Waals surface area contributed by atoms with Gasteiger partial charge in [0.2, 0.25) is 12.4 Å². The zero-order chi connectivity index (χ0) is 18.7. The average Bonchev–Trinajstić information content (AvgIpc) is 2.62. The number of aliphatic imine (C=N–C) groups is 1. The molecule has 2 amide bonds. The van der Waals surface area contributed by atoms with Gasteiger partial charge in [0.1, 0.15) is 0 Å². The predicted molar refractivity (Wildman–Crippen MR) is 103 cm³/mol. The molecule has 1 saturated heterocycles. The molecule has 0 radical (unpaired) electrons. The summed E-state index contributed by atoms with van der Waals surface area (Å²) in [7, 11) is 0. The molecule has 2 aliphatic heterocycles. The van der Waals surface area contributed by atoms with Gasteiger partial charge in [-0.1, -0.05) is 15.9 Å². The molecule has 8 nitrogen and oxygen atoms in total. The lowest BCUT2D eigenvalue weighted by Crippen LogP contribution is -2.55. The van der Waals surface area contributed by atoms with Crippen LogP contribution in [0.25, 0.3) is 0 Å². The first-order valence-corrected chi connectivity index (χ1v) is 8.93. The summed E-state index contributed by atoms with van der Waals surface area (Å²) in [5, 5.41) is 13.9. The molecule has 26 heavy (non-hydrogen) atoms. The Hall–Kier alpha value is -2.68. The molecule has 2 aliphatic rings. The van der Waals surface area contributed by atoms with Gasteiger partial charge in [-0.15, -0.1) is 0 Å². The van der Waals surface area contributed by atoms with Gasteiger partial charge in [-0.3, -0.25) is 20.3 Å². The van der Waals surface area contributed by atoms with E-state index in [0.29, 0.717) is 32.1 Å². The molecule has 136 valence electrons. The quantitative estimate of drug-likeness (QED) is 0.508. The predicted octanol–water partition coefficient (Wildman–Crippen LogP) is 1.29. The van der Waals surface area contributed by atoms with E-state index >= 15 is 0 Å². The average molecular weight is 419 g/mol. The number of hydrogen-bond acceptors (Lipinski definition) is 5. The summed E-state index contributed by atoms with van der Waals surface area (Å²) in [5.74, 6) is -0.105. The minimum absolute atomic E-state index is 0.0937. The van der Waals surface area contributed by atoms with Crippen LogP contribution in [0.4, 0.5) is 5.69 Å². The van der Waals surface area contributed by atoms with Gasteiger partial charge in [0, 0.05) is 42.5 Å². The Morgan fingerprint density at radius 2 is 2.04 bits per heavy atom. The van der Waals surface area contributed by atoms with Crippen molar-refractivity contribution in [1.82, 2.24) is 15.1 Å². The number of piperazine rings is 1. The van der Waals surface area contributed by atoms with E-state index in [9.17, 15) is 9.59 Å². The SMILES string of the molecule is Cc1cc(Br)ccc1N/C=C1\C(=N)N=C(N2CCN(C=O)CC2)NC1=O. The summed E-state index contributed by atoms with van der Waals surface area (Å²) in [6.07, 6.45) is 2.32. The lowest BCUT2D eigenvalue weighted by atomic mass is 10.2. The number of amidine groups is 1. The smallest absolute Gasteiger partial charge is 0.263 e. The van der Waals surface area contributed by atoms with E-state index in [1.54, 1.807) is 4.90 Å². The van der Waals surface area contributed by atoms with Crippen LogP contribution in [0.2, 0.25) is 0 Å². The Labute approximate surface area is 159 Å². The summed E-state index contributed by atoms with van der Waals surface area (Å²) in [6.45, 7) is 4.23. The topological polar surface area (TPSA) is 101 Å². The number of aryl methyl sites for hydroxylation is 1. The number of nitrogens with one attached hydrogen (secondary N) is 3. The monoisotopic (exact) mass is 418 g/mol. The Morgan fingerprint density at radius 1 is 1.31 bits per heavy atom. The molecular weight excluding hydrogens is 400 g/mol. The molecule has 0 saturated carbocycles. The second kappa shape index (κ2) is 7.69. The van der Waals surface area contributed by atoms with Gasteiger partial charge in [-0.2, -0.15) is 4.99 Å². The van der Waals surface area contributed by atoms with E-state index in [1.807, 2.05) is 30.0 Å². The van der Waals surface area contributed by atoms with Crippen molar-refractivity contribution in [1.29, 1.82) is 5.41 Å². The van der Waals surface area contributed by atoms with E-state index in [2.05, 4.69) is 31.6 Å². The summed E-state index contributed by atoms with van der Waals surface area (Å²) in [5.41, 5.74) is 2.03. The normalized spacial score (nSPS) is 19.3. The lowest BCUT2D eigenvalue weighted by Gasteiger charge is -2.35. The van der Waals surface area contributed by atoms with Crippen LogP contribution in [0.15, 0.2) is 39.4 Å². The number of benzene rings is 1. The Kier molecular flexibility index (Phi) is 5.36. The number of guanidine groups is 1. The molecule has 0 spiro atoms. The Morgan fingerprint density at radius 3 is 2.65 bits per heavy atom. The minimum atomic E-state index is -0.375. The van der Waals surface area contributed by atoms with Gasteiger partial charge in [0.15, 0.2) is 5.84 Å². The molecule has 0 atom stereocenters. The van der Waals surface area contributed by atoms with Crippen LogP contribution < -0.4 is 10.6 Å². The van der Waals surface area contributed by atoms with Crippen LogP contribution in [-0.4, -0.2) is 60.1 Å². The van der Waals surface area contributed by atoms with Crippen molar-refractivity contribution in [3.8, 4) is 0 Å². The number of rotatable bonds is 3. The second-order valence-corrected chi connectivity index (χ2v) is 6.94. The number of nitrogens with zero attached hydrogens (tertiary/aromatic N) is 3. The number of amides is 2. The lowest BCUT2D eigenvalue weighted by molar-refractivity contribution is -0.119. The molecule has 1 fully saturated rings. The number of halogens is 1. The van der Waals surface area contributed by atoms with Crippen LogP contribution in [0.5, 0.6) is 0 Å². The maximum atomic E-state index is 12.4. The van der Waals surface area contributed by atoms with E-state index in [1.165, 1.54) is 6.20 Å². The van der Waals surface area contributed by atoms with Crippen molar-refractivity contribution in [2.45, 2.75) is 6.92 Å². The largest absolute Gasteiger partial charge is 0.361 e. The third kappa shape index (κ3) is 3.93. The van der Waals surface area contributed by atoms with Gasteiger partial charge >= 0.3 is 0 Å². The Bertz CT molecular complexity index is 811. The van der Waals surface area contributed by atoms with Crippen LogP contribution in [0, 0.1) is 12.3 Å². The molecule has 9 heteroatoms. The van der Waals surface area contributed by atoms with E-state index in [4.69, 9.17) is 5.41 Å². The maximum Gasteiger partial charge on any atom is 0.263 e. The van der Waals surface area contributed by atoms with Gasteiger partial charge in [-0.05, 0) is 30.7 Å². The fourth-order valence-corrected chi connectivity index (χ4v) is 3.21. The summed E-state index contributed by atoms with van der Waals surface area (Å²) in [4.78, 5) is 30.9. The molecule has 3 rings (SSSR count). The van der Waals surface area contributed by atoms with Crippen molar-refractivity contribution in [2.75, 3.05) is 31.5 Å². The maximum absolute atomic E-state index is 12.4. The summed E-state index contributed by atoms with van der Waals surface area (Å²) in [6, 6.07) is 5.75. The van der Waals surface area contributed by atoms with E-state index < -0.39 is 0 Å². The molecule has 0 aliphatic carbocycles. The van der Waals surface area contributed by atoms with E-state index in [0.717, 1.165) is 22.1 Å². The van der Waals surface area contributed by atoms with Crippen LogP contribution >= 0.6 is 15.9 Å². The molecular formula is C17H19BrN6O2. The molecule has 1 aromatic carbocycles. The van der Waals surface area contributed by atoms with Crippen LogP contribution in [0.1, 0.15) is 5.56 Å². The van der Waals surface area contributed by atoms with Crippen molar-refractivity contribution < 1.29 is 9.59 Å². The highest BCUT2D eigenvalue weighted by atomic mass is 79.9. The van der Waals surface area contributed by atoms with Crippen LogP contribution in [-0.2, 0) is 9.59 Å². The molecule has 3 N–H and O–H groups in total. The van der Waals surface area contributed by atoms with Gasteiger partial charge in [-0.25, -0.2) is 0 Å². The number of carbonyl (C=O) groups excluding carboxylic acids is 2. The van der Waals surface area contributed by atoms with Gasteiger partial charge in [0.25, 0.3) is 5.91 Å². The number of carbonyl (C=O) groups is 2. The highest BCUT2D eigenvalue weighted by molar-refractivity contribution is 9.10. The minimum Gasteiger partial charge on any atom is -0.361 e. The number of hydrogen-bond donors (Lipinski definition) is 3. The third-order valence-corrected chi connectivity index (χ3v) is 4.76. The van der Waals surface area contributed by atoms with Crippen molar-refractivity contribution in [3.05, 3.63) is 40.0 Å². The highest BCUT2D eigenvalue weighted by Crippen LogP contribution is 2.20. The van der Waals surface area contributed by atoms with Crippen molar-refractivity contribution in [2.24, 2.45) is 4.99 Å². The van der Waals surface area contributed by atoms with Crippen molar-refractivity contribution in [3.63, 3.8) is 0 Å².